The molecule has 5 nitrogen and oxygen atoms in total. The van der Waals surface area contributed by atoms with Gasteiger partial charge in [-0.3, -0.25) is 9.81 Å². The third-order valence-corrected chi connectivity index (χ3v) is 2.71. The Hall–Kier alpha value is -2.09. The van der Waals surface area contributed by atoms with E-state index in [2.05, 4.69) is 9.72 Å². The number of carbonyl (C=O) groups is 1. The summed E-state index contributed by atoms with van der Waals surface area (Å²) < 4.78 is 44.1. The number of halogens is 4. The van der Waals surface area contributed by atoms with Gasteiger partial charge in [-0.25, -0.2) is 9.78 Å². The molecule has 1 N–H and O–H groups in total. The Balaban J connectivity index is 2.95. The van der Waals surface area contributed by atoms with Crippen LogP contribution in [-0.2, 0) is 10.9 Å². The highest BCUT2D eigenvalue weighted by molar-refractivity contribution is 6.30. The molecular weight excluding hydrogens is 299 g/mol. The van der Waals surface area contributed by atoms with Crippen LogP contribution in [0.4, 0.5) is 13.2 Å². The van der Waals surface area contributed by atoms with Gasteiger partial charge in [-0.15, -0.1) is 0 Å². The Morgan fingerprint density at radius 2 is 2.10 bits per heavy atom. The zero-order chi connectivity index (χ0) is 15.1. The van der Waals surface area contributed by atoms with E-state index in [-0.39, 0.29) is 10.7 Å². The van der Waals surface area contributed by atoms with Gasteiger partial charge in [0.15, 0.2) is 5.69 Å². The van der Waals surface area contributed by atoms with Gasteiger partial charge in [-0.2, -0.15) is 13.2 Å². The second kappa shape index (κ2) is 4.78. The topological polar surface area (TPSA) is 67.4 Å². The van der Waals surface area contributed by atoms with Crippen LogP contribution < -0.4 is 5.49 Å². The van der Waals surface area contributed by atoms with Crippen LogP contribution >= 0.6 is 11.6 Å². The molecule has 0 bridgehead atoms. The van der Waals surface area contributed by atoms with Crippen molar-refractivity contribution in [3.05, 3.63) is 40.1 Å². The first-order valence-electron chi connectivity index (χ1n) is 5.17. The molecule has 0 aliphatic rings. The summed E-state index contributed by atoms with van der Waals surface area (Å²) in [7, 11) is 0.925. The van der Waals surface area contributed by atoms with Crippen LogP contribution in [-0.4, -0.2) is 22.5 Å². The molecule has 0 aliphatic carbocycles. The molecule has 0 saturated carbocycles. The largest absolute Gasteiger partial charge is 0.465 e. The maximum atomic E-state index is 12.9. The second-order valence-electron chi connectivity index (χ2n) is 3.75. The first-order chi connectivity index (χ1) is 9.25. The molecule has 0 atom stereocenters. The van der Waals surface area contributed by atoms with E-state index in [0.29, 0.717) is 0 Å². The number of nitrogens with one attached hydrogen (secondary N) is 1. The van der Waals surface area contributed by atoms with Crippen LogP contribution in [0.3, 0.4) is 0 Å². The Morgan fingerprint density at radius 3 is 2.65 bits per heavy atom. The van der Waals surface area contributed by atoms with Gasteiger partial charge in [-0.1, -0.05) is 11.6 Å². The minimum absolute atomic E-state index is 0.153. The monoisotopic (exact) mass is 305 g/mol. The Kier molecular flexibility index (Phi) is 3.43. The first kappa shape index (κ1) is 14.3. The molecule has 0 radical (unpaired) electrons. The molecule has 0 spiro atoms. The smallest absolute Gasteiger partial charge is 0.434 e. The van der Waals surface area contributed by atoms with Crippen LogP contribution in [0, 0.1) is 5.41 Å². The van der Waals surface area contributed by atoms with Crippen molar-refractivity contribution in [1.29, 1.82) is 5.41 Å². The molecule has 0 unspecified atom stereocenters. The Morgan fingerprint density at radius 1 is 1.45 bits per heavy atom. The number of pyridine rings is 1. The van der Waals surface area contributed by atoms with Crippen molar-refractivity contribution in [2.45, 2.75) is 6.18 Å². The quantitative estimate of drug-likeness (QED) is 0.822. The fraction of sp³-hybridized carbons (Fsp3) is 0.182. The van der Waals surface area contributed by atoms with Crippen LogP contribution in [0.5, 0.6) is 0 Å². The SMILES string of the molecule is COC(=O)c1c(C(F)(F)F)nc2ccc(Cl)cn2c1=N. The van der Waals surface area contributed by atoms with Gasteiger partial charge >= 0.3 is 12.1 Å². The fourth-order valence-electron chi connectivity index (χ4n) is 1.64. The van der Waals surface area contributed by atoms with E-state index in [0.717, 1.165) is 11.5 Å². The van der Waals surface area contributed by atoms with Crippen molar-refractivity contribution in [2.75, 3.05) is 7.11 Å². The maximum absolute atomic E-state index is 12.9. The van der Waals surface area contributed by atoms with Gasteiger partial charge in [-0.05, 0) is 12.1 Å². The van der Waals surface area contributed by atoms with E-state index in [1.165, 1.54) is 18.3 Å². The average molecular weight is 306 g/mol. The second-order valence-corrected chi connectivity index (χ2v) is 4.19. The number of alkyl halides is 3. The normalized spacial score (nSPS) is 11.7. The van der Waals surface area contributed by atoms with E-state index in [1.807, 2.05) is 0 Å². The van der Waals surface area contributed by atoms with Crippen molar-refractivity contribution in [3.63, 3.8) is 0 Å². The molecule has 106 valence electrons. The lowest BCUT2D eigenvalue weighted by molar-refractivity contribution is -0.141. The van der Waals surface area contributed by atoms with Crippen molar-refractivity contribution >= 4 is 23.2 Å². The molecule has 0 aliphatic heterocycles. The first-order valence-corrected chi connectivity index (χ1v) is 5.55. The summed E-state index contributed by atoms with van der Waals surface area (Å²) in [5.41, 5.74) is -3.27. The number of carbonyl (C=O) groups excluding carboxylic acids is 1. The molecular formula is C11H7ClF3N3O2. The van der Waals surface area contributed by atoms with Crippen LogP contribution in [0.2, 0.25) is 5.02 Å². The summed E-state index contributed by atoms with van der Waals surface area (Å²) in [5.74, 6) is -1.29. The number of rotatable bonds is 1. The van der Waals surface area contributed by atoms with Crippen molar-refractivity contribution in [3.8, 4) is 0 Å². The van der Waals surface area contributed by atoms with Crippen molar-refractivity contribution < 1.29 is 22.7 Å². The molecule has 20 heavy (non-hydrogen) atoms. The Bertz CT molecular complexity index is 755. The minimum Gasteiger partial charge on any atom is -0.465 e. The predicted molar refractivity (Wildman–Crippen MR) is 62.4 cm³/mol. The molecule has 0 saturated heterocycles. The molecule has 2 aromatic rings. The number of aromatic nitrogens is 2. The van der Waals surface area contributed by atoms with Crippen LogP contribution in [0.25, 0.3) is 5.65 Å². The molecule has 9 heteroatoms. The summed E-state index contributed by atoms with van der Waals surface area (Å²) in [4.78, 5) is 14.9. The summed E-state index contributed by atoms with van der Waals surface area (Å²) in [5, 5.41) is 7.94. The average Bonchev–Trinajstić information content (AvgIpc) is 2.37. The standard InChI is InChI=1S/C11H7ClF3N3O2/c1-20-10(19)7-8(11(13,14)15)17-6-3-2-5(12)4-18(6)9(7)16/h2-4,16H,1H3. The highest BCUT2D eigenvalue weighted by atomic mass is 35.5. The molecule has 0 amide bonds. The van der Waals surface area contributed by atoms with Gasteiger partial charge < -0.3 is 4.74 Å². The van der Waals surface area contributed by atoms with E-state index in [9.17, 15) is 18.0 Å². The number of ether oxygens (including phenoxy) is 1. The molecule has 0 fully saturated rings. The van der Waals surface area contributed by atoms with E-state index < -0.39 is 28.9 Å². The molecule has 2 heterocycles. The fourth-order valence-corrected chi connectivity index (χ4v) is 1.80. The number of hydrogen-bond acceptors (Lipinski definition) is 4. The summed E-state index contributed by atoms with van der Waals surface area (Å²) in [6, 6.07) is 2.55. The summed E-state index contributed by atoms with van der Waals surface area (Å²) in [6.07, 6.45) is -3.69. The van der Waals surface area contributed by atoms with Gasteiger partial charge in [0.05, 0.1) is 12.1 Å². The van der Waals surface area contributed by atoms with E-state index in [1.54, 1.807) is 0 Å². The highest BCUT2D eigenvalue weighted by Gasteiger charge is 2.39. The number of nitrogens with zero attached hydrogens (tertiary/aromatic N) is 2. The molecule has 2 aromatic heterocycles. The maximum Gasteiger partial charge on any atom is 0.434 e. The lowest BCUT2D eigenvalue weighted by Gasteiger charge is -2.13. The van der Waals surface area contributed by atoms with E-state index >= 15 is 0 Å². The minimum atomic E-state index is -4.88. The van der Waals surface area contributed by atoms with Gasteiger partial charge in [0.2, 0.25) is 0 Å². The third kappa shape index (κ3) is 2.34. The predicted octanol–water partition coefficient (Wildman–Crippen LogP) is 2.27. The molecule has 2 rings (SSSR count). The van der Waals surface area contributed by atoms with Crippen LogP contribution in [0.15, 0.2) is 18.3 Å². The Labute approximate surface area is 115 Å². The lowest BCUT2D eigenvalue weighted by Crippen LogP contribution is -2.30. The number of fused-ring (bicyclic) bond motifs is 1. The number of esters is 1. The summed E-state index contributed by atoms with van der Waals surface area (Å²) in [6.45, 7) is 0. The van der Waals surface area contributed by atoms with Crippen molar-refractivity contribution in [2.24, 2.45) is 0 Å². The third-order valence-electron chi connectivity index (χ3n) is 2.49. The van der Waals surface area contributed by atoms with E-state index in [4.69, 9.17) is 17.0 Å². The number of methoxy groups -OCH3 is 1. The van der Waals surface area contributed by atoms with Gasteiger partial charge in [0.25, 0.3) is 0 Å². The van der Waals surface area contributed by atoms with Crippen molar-refractivity contribution in [1.82, 2.24) is 9.38 Å². The summed E-state index contributed by atoms with van der Waals surface area (Å²) >= 11 is 5.72. The zero-order valence-electron chi connectivity index (χ0n) is 9.95. The zero-order valence-corrected chi connectivity index (χ0v) is 10.7. The molecule has 0 aromatic carbocycles. The number of hydrogen-bond donors (Lipinski definition) is 1. The van der Waals surface area contributed by atoms with Crippen LogP contribution in [0.1, 0.15) is 16.1 Å². The highest BCUT2D eigenvalue weighted by Crippen LogP contribution is 2.29. The lowest BCUT2D eigenvalue weighted by atomic mass is 10.2. The van der Waals surface area contributed by atoms with Gasteiger partial charge in [0.1, 0.15) is 16.7 Å². The van der Waals surface area contributed by atoms with Gasteiger partial charge in [0, 0.05) is 6.20 Å².